The van der Waals surface area contributed by atoms with Crippen molar-refractivity contribution < 1.29 is 9.47 Å². The van der Waals surface area contributed by atoms with Crippen LogP contribution in [-0.2, 0) is 6.54 Å². The molecule has 1 atom stereocenters. The number of hydrogen-bond acceptors (Lipinski definition) is 4. The van der Waals surface area contributed by atoms with Crippen LogP contribution in [0.2, 0.25) is 0 Å². The maximum Gasteiger partial charge on any atom is 0.129 e. The van der Waals surface area contributed by atoms with Crippen LogP contribution in [-0.4, -0.2) is 12.1 Å². The first-order valence-corrected chi connectivity index (χ1v) is 9.81. The summed E-state index contributed by atoms with van der Waals surface area (Å²) in [7, 11) is 1.71. The molecule has 3 aromatic rings. The Labute approximate surface area is 166 Å². The van der Waals surface area contributed by atoms with Crippen LogP contribution in [0.4, 0.5) is 5.82 Å². The summed E-state index contributed by atoms with van der Waals surface area (Å²) in [6.45, 7) is 2.77. The number of benzene rings is 2. The summed E-state index contributed by atoms with van der Waals surface area (Å²) in [5.41, 5.74) is 3.84. The maximum atomic E-state index is 6.10. The van der Waals surface area contributed by atoms with E-state index >= 15 is 0 Å². The number of hydrogen-bond donors (Lipinski definition) is 1. The Morgan fingerprint density at radius 1 is 1.04 bits per heavy atom. The van der Waals surface area contributed by atoms with E-state index in [4.69, 9.17) is 9.47 Å². The lowest BCUT2D eigenvalue weighted by atomic mass is 10.0. The van der Waals surface area contributed by atoms with Crippen LogP contribution < -0.4 is 14.8 Å². The molecular weight excluding hydrogens is 348 g/mol. The van der Waals surface area contributed by atoms with Crippen molar-refractivity contribution in [3.05, 3.63) is 83.6 Å². The largest absolute Gasteiger partial charge is 0.497 e. The van der Waals surface area contributed by atoms with Crippen LogP contribution in [0.15, 0.2) is 66.9 Å². The molecule has 2 aromatic carbocycles. The van der Waals surface area contributed by atoms with Crippen LogP contribution in [0.25, 0.3) is 0 Å². The van der Waals surface area contributed by atoms with Crippen LogP contribution in [0, 0.1) is 0 Å². The Kier molecular flexibility index (Phi) is 5.47. The van der Waals surface area contributed by atoms with Gasteiger partial charge in [0.05, 0.1) is 7.11 Å². The van der Waals surface area contributed by atoms with E-state index in [0.29, 0.717) is 12.5 Å². The summed E-state index contributed by atoms with van der Waals surface area (Å²) in [6, 6.07) is 20.4. The van der Waals surface area contributed by atoms with E-state index in [-0.39, 0.29) is 6.10 Å². The van der Waals surface area contributed by atoms with Gasteiger partial charge in [-0.05, 0) is 60.6 Å². The zero-order valence-electron chi connectivity index (χ0n) is 16.4. The highest BCUT2D eigenvalue weighted by atomic mass is 16.5. The van der Waals surface area contributed by atoms with Crippen molar-refractivity contribution in [2.75, 3.05) is 12.4 Å². The fourth-order valence-electron chi connectivity index (χ4n) is 3.42. The standard InChI is InChI=1S/C24H26N2O2/c1-17(18-6-4-3-5-7-18)28-22-12-13-25-24(15-22)26-16-20-14-21(27-2)10-11-23(20)19-8-9-19/h3-7,10-15,17,19H,8-9,16H2,1-2H3,(H,25,26). The average molecular weight is 374 g/mol. The second-order valence-corrected chi connectivity index (χ2v) is 7.24. The van der Waals surface area contributed by atoms with E-state index in [1.807, 2.05) is 30.3 Å². The molecule has 1 heterocycles. The van der Waals surface area contributed by atoms with Crippen molar-refractivity contribution >= 4 is 5.82 Å². The number of aromatic nitrogens is 1. The Morgan fingerprint density at radius 3 is 2.61 bits per heavy atom. The minimum atomic E-state index is -0.0173. The number of pyridine rings is 1. The van der Waals surface area contributed by atoms with Gasteiger partial charge in [0.2, 0.25) is 0 Å². The third-order valence-corrected chi connectivity index (χ3v) is 5.14. The fraction of sp³-hybridized carbons (Fsp3) is 0.292. The van der Waals surface area contributed by atoms with Gasteiger partial charge in [-0.25, -0.2) is 4.98 Å². The Hall–Kier alpha value is -3.01. The van der Waals surface area contributed by atoms with Gasteiger partial charge in [-0.1, -0.05) is 36.4 Å². The number of anilines is 1. The Morgan fingerprint density at radius 2 is 1.86 bits per heavy atom. The summed E-state index contributed by atoms with van der Waals surface area (Å²) >= 11 is 0. The predicted octanol–water partition coefficient (Wildman–Crippen LogP) is 5.72. The molecule has 1 aromatic heterocycles. The zero-order valence-corrected chi connectivity index (χ0v) is 16.4. The van der Waals surface area contributed by atoms with Gasteiger partial charge in [0.1, 0.15) is 23.4 Å². The summed E-state index contributed by atoms with van der Waals surface area (Å²) in [5.74, 6) is 3.20. The molecule has 1 unspecified atom stereocenters. The van der Waals surface area contributed by atoms with Gasteiger partial charge in [-0.15, -0.1) is 0 Å². The molecule has 1 aliphatic rings. The molecule has 144 valence electrons. The Bertz CT molecular complexity index is 923. The summed E-state index contributed by atoms with van der Waals surface area (Å²) in [5, 5.41) is 3.44. The van der Waals surface area contributed by atoms with E-state index in [1.54, 1.807) is 13.3 Å². The lowest BCUT2D eigenvalue weighted by Crippen LogP contribution is -2.06. The van der Waals surface area contributed by atoms with Gasteiger partial charge >= 0.3 is 0 Å². The van der Waals surface area contributed by atoms with Crippen molar-refractivity contribution in [1.82, 2.24) is 4.98 Å². The predicted molar refractivity (Wildman–Crippen MR) is 112 cm³/mol. The fourth-order valence-corrected chi connectivity index (χ4v) is 3.42. The average Bonchev–Trinajstić information content (AvgIpc) is 3.58. The molecule has 1 aliphatic carbocycles. The molecular formula is C24H26N2O2. The van der Waals surface area contributed by atoms with E-state index < -0.39 is 0 Å². The topological polar surface area (TPSA) is 43.4 Å². The molecule has 0 aliphatic heterocycles. The monoisotopic (exact) mass is 374 g/mol. The zero-order chi connectivity index (χ0) is 19.3. The van der Waals surface area contributed by atoms with Gasteiger partial charge in [0.15, 0.2) is 0 Å². The lowest BCUT2D eigenvalue weighted by molar-refractivity contribution is 0.227. The number of nitrogens with one attached hydrogen (secondary N) is 1. The molecule has 0 amide bonds. The minimum absolute atomic E-state index is 0.0173. The highest BCUT2D eigenvalue weighted by Gasteiger charge is 2.26. The number of nitrogens with zero attached hydrogens (tertiary/aromatic N) is 1. The van der Waals surface area contributed by atoms with Gasteiger partial charge in [0.25, 0.3) is 0 Å². The molecule has 28 heavy (non-hydrogen) atoms. The summed E-state index contributed by atoms with van der Waals surface area (Å²) < 4.78 is 11.5. The summed E-state index contributed by atoms with van der Waals surface area (Å²) in [4.78, 5) is 4.44. The summed E-state index contributed by atoms with van der Waals surface area (Å²) in [6.07, 6.45) is 4.32. The molecule has 4 rings (SSSR count). The quantitative estimate of drug-likeness (QED) is 0.548. The van der Waals surface area contributed by atoms with E-state index in [0.717, 1.165) is 22.9 Å². The van der Waals surface area contributed by atoms with Crippen molar-refractivity contribution in [3.63, 3.8) is 0 Å². The second kappa shape index (κ2) is 8.34. The van der Waals surface area contributed by atoms with E-state index in [2.05, 4.69) is 47.6 Å². The van der Waals surface area contributed by atoms with Crippen molar-refractivity contribution in [2.45, 2.75) is 38.3 Å². The van der Waals surface area contributed by atoms with Gasteiger partial charge in [-0.2, -0.15) is 0 Å². The Balaban J connectivity index is 1.44. The number of ether oxygens (including phenoxy) is 2. The molecule has 0 saturated heterocycles. The molecule has 1 saturated carbocycles. The van der Waals surface area contributed by atoms with Crippen LogP contribution in [0.3, 0.4) is 0 Å². The number of methoxy groups -OCH3 is 1. The first-order chi connectivity index (χ1) is 13.7. The van der Waals surface area contributed by atoms with E-state index in [9.17, 15) is 0 Å². The van der Waals surface area contributed by atoms with Gasteiger partial charge in [-0.3, -0.25) is 0 Å². The molecule has 4 nitrogen and oxygen atoms in total. The van der Waals surface area contributed by atoms with Crippen molar-refractivity contribution in [3.8, 4) is 11.5 Å². The first-order valence-electron chi connectivity index (χ1n) is 9.81. The third-order valence-electron chi connectivity index (χ3n) is 5.14. The van der Waals surface area contributed by atoms with E-state index in [1.165, 1.54) is 24.0 Å². The molecule has 0 radical (unpaired) electrons. The molecule has 0 bridgehead atoms. The van der Waals surface area contributed by atoms with Crippen LogP contribution in [0.1, 0.15) is 48.5 Å². The van der Waals surface area contributed by atoms with Crippen LogP contribution >= 0.6 is 0 Å². The minimum Gasteiger partial charge on any atom is -0.497 e. The molecule has 1 N–H and O–H groups in total. The number of rotatable bonds is 8. The van der Waals surface area contributed by atoms with Crippen LogP contribution in [0.5, 0.6) is 11.5 Å². The van der Waals surface area contributed by atoms with Gasteiger partial charge < -0.3 is 14.8 Å². The SMILES string of the molecule is COc1ccc(C2CC2)c(CNc2cc(OC(C)c3ccccc3)ccn2)c1. The first kappa shape index (κ1) is 18.4. The van der Waals surface area contributed by atoms with Crippen molar-refractivity contribution in [2.24, 2.45) is 0 Å². The molecule has 1 fully saturated rings. The highest BCUT2D eigenvalue weighted by Crippen LogP contribution is 2.42. The maximum absolute atomic E-state index is 6.10. The lowest BCUT2D eigenvalue weighted by Gasteiger charge is -2.16. The molecule has 0 spiro atoms. The normalized spacial score (nSPS) is 14.4. The smallest absolute Gasteiger partial charge is 0.129 e. The van der Waals surface area contributed by atoms with Gasteiger partial charge in [0, 0.05) is 18.8 Å². The van der Waals surface area contributed by atoms with Crippen molar-refractivity contribution in [1.29, 1.82) is 0 Å². The second-order valence-electron chi connectivity index (χ2n) is 7.24. The molecule has 4 heteroatoms. The highest BCUT2D eigenvalue weighted by molar-refractivity contribution is 5.45. The third kappa shape index (κ3) is 4.45.